The topological polar surface area (TPSA) is 105 Å². The predicted octanol–water partition coefficient (Wildman–Crippen LogP) is 4.78. The second-order valence-electron chi connectivity index (χ2n) is 8.07. The summed E-state index contributed by atoms with van der Waals surface area (Å²) in [6.45, 7) is 1.72. The summed E-state index contributed by atoms with van der Waals surface area (Å²) in [6.07, 6.45) is 0.373. The van der Waals surface area contributed by atoms with Crippen LogP contribution in [0.1, 0.15) is 35.2 Å². The Labute approximate surface area is 197 Å². The van der Waals surface area contributed by atoms with Gasteiger partial charge in [0.1, 0.15) is 0 Å². The average molecular weight is 477 g/mol. The quantitative estimate of drug-likeness (QED) is 0.290. The van der Waals surface area contributed by atoms with Gasteiger partial charge >= 0.3 is 5.97 Å². The van der Waals surface area contributed by atoms with E-state index in [2.05, 4.69) is 4.98 Å². The van der Waals surface area contributed by atoms with Crippen LogP contribution in [0.4, 0.5) is 0 Å². The molecule has 7 nitrogen and oxygen atoms in total. The van der Waals surface area contributed by atoms with Gasteiger partial charge in [-0.15, -0.1) is 0 Å². The molecule has 8 heteroatoms. The third kappa shape index (κ3) is 4.63. The summed E-state index contributed by atoms with van der Waals surface area (Å²) in [5.74, 6) is -1.63. The number of amides is 1. The molecule has 4 rings (SSSR count). The zero-order valence-corrected chi connectivity index (χ0v) is 19.5. The van der Waals surface area contributed by atoms with Gasteiger partial charge < -0.3 is 5.11 Å². The van der Waals surface area contributed by atoms with Gasteiger partial charge in [0, 0.05) is 23.7 Å². The molecule has 0 fully saturated rings. The van der Waals surface area contributed by atoms with Gasteiger partial charge in [0.25, 0.3) is 15.9 Å². The Kier molecular flexibility index (Phi) is 6.61. The second-order valence-corrected chi connectivity index (χ2v) is 9.93. The molecular weight excluding hydrogens is 452 g/mol. The lowest BCUT2D eigenvalue weighted by Crippen LogP contribution is -2.38. The molecule has 0 aliphatic rings. The van der Waals surface area contributed by atoms with E-state index in [1.807, 2.05) is 19.1 Å². The number of sulfonamides is 1. The molecule has 1 N–H and O–H groups in total. The highest BCUT2D eigenvalue weighted by Crippen LogP contribution is 2.29. The van der Waals surface area contributed by atoms with Crippen molar-refractivity contribution in [2.45, 2.75) is 31.1 Å². The molecule has 4 aromatic rings. The molecule has 0 atom stereocenters. The van der Waals surface area contributed by atoms with Crippen molar-refractivity contribution >= 4 is 43.7 Å². The first-order chi connectivity index (χ1) is 16.3. The second kappa shape index (κ2) is 9.61. The minimum atomic E-state index is -4.19. The van der Waals surface area contributed by atoms with E-state index in [9.17, 15) is 18.0 Å². The molecule has 3 aromatic carbocycles. The molecular formula is C26H24N2O5S. The SMILES string of the molecule is Cc1ccc(S(=O)(=O)N(CCCCC(=O)O)C(=O)c2c3ccccc3nc3ccccc23)cc1. The molecule has 0 radical (unpaired) electrons. The van der Waals surface area contributed by atoms with Gasteiger partial charge in [-0.2, -0.15) is 0 Å². The Hall–Kier alpha value is -3.78. The summed E-state index contributed by atoms with van der Waals surface area (Å²) in [6, 6.07) is 20.6. The Morgan fingerprint density at radius 1 is 0.853 bits per heavy atom. The van der Waals surface area contributed by atoms with Crippen LogP contribution < -0.4 is 0 Å². The summed E-state index contributed by atoms with van der Waals surface area (Å²) >= 11 is 0. The van der Waals surface area contributed by atoms with E-state index in [4.69, 9.17) is 5.11 Å². The molecule has 0 saturated heterocycles. The molecule has 0 saturated carbocycles. The summed E-state index contributed by atoms with van der Waals surface area (Å²) in [5, 5.41) is 10.1. The number of para-hydroxylation sites is 2. The van der Waals surface area contributed by atoms with Gasteiger partial charge in [-0.05, 0) is 44.0 Å². The number of fused-ring (bicyclic) bond motifs is 2. The van der Waals surface area contributed by atoms with E-state index in [1.54, 1.807) is 48.5 Å². The maximum absolute atomic E-state index is 14.0. The number of carbonyl (C=O) groups excluding carboxylic acids is 1. The normalized spacial score (nSPS) is 11.6. The molecule has 1 amide bonds. The zero-order chi connectivity index (χ0) is 24.3. The van der Waals surface area contributed by atoms with Crippen LogP contribution in [0.25, 0.3) is 21.8 Å². The van der Waals surface area contributed by atoms with E-state index in [-0.39, 0.29) is 36.3 Å². The average Bonchev–Trinajstić information content (AvgIpc) is 2.82. The van der Waals surface area contributed by atoms with Crippen molar-refractivity contribution in [3.8, 4) is 0 Å². The lowest BCUT2D eigenvalue weighted by Gasteiger charge is -2.24. The molecule has 34 heavy (non-hydrogen) atoms. The monoisotopic (exact) mass is 476 g/mol. The van der Waals surface area contributed by atoms with Crippen molar-refractivity contribution in [3.63, 3.8) is 0 Å². The number of carboxylic acid groups (broad SMARTS) is 1. The van der Waals surface area contributed by atoms with Crippen LogP contribution in [0.5, 0.6) is 0 Å². The number of pyridine rings is 1. The Morgan fingerprint density at radius 2 is 1.41 bits per heavy atom. The maximum atomic E-state index is 14.0. The number of aromatic nitrogens is 1. The molecule has 0 unspecified atom stereocenters. The number of carboxylic acids is 1. The number of benzene rings is 3. The highest BCUT2D eigenvalue weighted by molar-refractivity contribution is 7.89. The fraction of sp³-hybridized carbons (Fsp3) is 0.192. The van der Waals surface area contributed by atoms with Crippen LogP contribution in [0.2, 0.25) is 0 Å². The van der Waals surface area contributed by atoms with Crippen molar-refractivity contribution in [3.05, 3.63) is 83.9 Å². The minimum Gasteiger partial charge on any atom is -0.481 e. The molecule has 0 aliphatic heterocycles. The largest absolute Gasteiger partial charge is 0.481 e. The summed E-state index contributed by atoms with van der Waals surface area (Å²) in [5.41, 5.74) is 2.32. The zero-order valence-electron chi connectivity index (χ0n) is 18.6. The molecule has 174 valence electrons. The molecule has 0 bridgehead atoms. The number of aliphatic carboxylic acids is 1. The number of hydrogen-bond acceptors (Lipinski definition) is 5. The highest BCUT2D eigenvalue weighted by Gasteiger charge is 2.32. The van der Waals surface area contributed by atoms with Crippen LogP contribution in [0.3, 0.4) is 0 Å². The fourth-order valence-corrected chi connectivity index (χ4v) is 5.31. The molecule has 1 heterocycles. The Balaban J connectivity index is 1.86. The molecule has 1 aromatic heterocycles. The number of unbranched alkanes of at least 4 members (excludes halogenated alkanes) is 1. The smallest absolute Gasteiger partial charge is 0.303 e. The third-order valence-corrected chi connectivity index (χ3v) is 7.44. The standard InChI is InChI=1S/C26H24N2O5S/c1-18-13-15-19(16-14-18)34(32,33)28(17-7-6-12-24(29)30)26(31)25-20-8-2-4-10-22(20)27-23-11-5-3-9-21(23)25/h2-5,8-11,13-16H,6-7,12,17H2,1H3,(H,29,30). The fourth-order valence-electron chi connectivity index (χ4n) is 3.90. The summed E-state index contributed by atoms with van der Waals surface area (Å²) in [4.78, 5) is 29.6. The van der Waals surface area contributed by atoms with Gasteiger partial charge in [0.15, 0.2) is 0 Å². The molecule has 0 aliphatic carbocycles. The predicted molar refractivity (Wildman–Crippen MR) is 130 cm³/mol. The first-order valence-corrected chi connectivity index (χ1v) is 12.4. The van der Waals surface area contributed by atoms with E-state index < -0.39 is 21.9 Å². The van der Waals surface area contributed by atoms with E-state index in [1.165, 1.54) is 12.1 Å². The van der Waals surface area contributed by atoms with Crippen molar-refractivity contribution in [1.82, 2.24) is 9.29 Å². The summed E-state index contributed by atoms with van der Waals surface area (Å²) < 4.78 is 28.1. The number of carbonyl (C=O) groups is 2. The van der Waals surface area contributed by atoms with Crippen LogP contribution in [0, 0.1) is 6.92 Å². The van der Waals surface area contributed by atoms with Crippen LogP contribution in [-0.2, 0) is 14.8 Å². The van der Waals surface area contributed by atoms with Crippen molar-refractivity contribution in [2.24, 2.45) is 0 Å². The van der Waals surface area contributed by atoms with E-state index in [0.717, 1.165) is 9.87 Å². The van der Waals surface area contributed by atoms with Gasteiger partial charge in [0.05, 0.1) is 21.5 Å². The van der Waals surface area contributed by atoms with Gasteiger partial charge in [-0.3, -0.25) is 9.59 Å². The van der Waals surface area contributed by atoms with Gasteiger partial charge in [0.2, 0.25) is 0 Å². The number of aryl methyl sites for hydroxylation is 1. The lowest BCUT2D eigenvalue weighted by molar-refractivity contribution is -0.137. The first kappa shape index (κ1) is 23.4. The van der Waals surface area contributed by atoms with E-state index >= 15 is 0 Å². The maximum Gasteiger partial charge on any atom is 0.303 e. The van der Waals surface area contributed by atoms with E-state index in [0.29, 0.717) is 21.8 Å². The Bertz CT molecular complexity index is 1430. The number of nitrogens with zero attached hydrogens (tertiary/aromatic N) is 2. The highest BCUT2D eigenvalue weighted by atomic mass is 32.2. The van der Waals surface area contributed by atoms with Crippen molar-refractivity contribution in [2.75, 3.05) is 6.54 Å². The first-order valence-electron chi connectivity index (χ1n) is 10.9. The minimum absolute atomic E-state index is 0.00681. The van der Waals surface area contributed by atoms with Crippen LogP contribution in [0.15, 0.2) is 77.7 Å². The van der Waals surface area contributed by atoms with Crippen molar-refractivity contribution in [1.29, 1.82) is 0 Å². The Morgan fingerprint density at radius 3 is 1.97 bits per heavy atom. The van der Waals surface area contributed by atoms with Crippen LogP contribution in [-0.4, -0.2) is 41.2 Å². The molecule has 0 spiro atoms. The summed E-state index contributed by atoms with van der Waals surface area (Å²) in [7, 11) is -4.19. The van der Waals surface area contributed by atoms with Gasteiger partial charge in [-0.25, -0.2) is 17.7 Å². The van der Waals surface area contributed by atoms with Crippen molar-refractivity contribution < 1.29 is 23.1 Å². The number of hydrogen-bond donors (Lipinski definition) is 1. The number of rotatable bonds is 8. The van der Waals surface area contributed by atoms with Crippen LogP contribution >= 0.6 is 0 Å². The van der Waals surface area contributed by atoms with Gasteiger partial charge in [-0.1, -0.05) is 54.1 Å². The third-order valence-electron chi connectivity index (χ3n) is 5.64. The lowest BCUT2D eigenvalue weighted by atomic mass is 10.0.